The molecule has 1 unspecified atom stereocenters. The van der Waals surface area contributed by atoms with Crippen LogP contribution in [-0.2, 0) is 6.42 Å². The molecule has 0 aliphatic carbocycles. The minimum atomic E-state index is -0.281. The van der Waals surface area contributed by atoms with E-state index in [1.54, 1.807) is 18.2 Å². The molecule has 0 bridgehead atoms. The first kappa shape index (κ1) is 13.7. The molecule has 0 saturated carbocycles. The molecular weight excluding hydrogens is 243 g/mol. The Balaban J connectivity index is 2.17. The van der Waals surface area contributed by atoms with Crippen molar-refractivity contribution in [1.82, 2.24) is 15.2 Å². The maximum absolute atomic E-state index is 13.7. The molecule has 1 aromatic heterocycles. The fourth-order valence-electron chi connectivity index (χ4n) is 2.00. The third kappa shape index (κ3) is 3.19. The fourth-order valence-corrected chi connectivity index (χ4v) is 2.00. The van der Waals surface area contributed by atoms with E-state index >= 15 is 0 Å². The number of aromatic nitrogens is 2. The maximum Gasteiger partial charge on any atom is 0.128 e. The molecule has 1 atom stereocenters. The summed E-state index contributed by atoms with van der Waals surface area (Å²) in [5.41, 5.74) is 4.11. The molecule has 4 nitrogen and oxygen atoms in total. The standard InChI is InChI=1S/C14H19FN4/c1-10(2)19-8-7-11(18-19)9-14(17-16)12-5-3-4-6-13(12)15/h3-8,10,14,17H,9,16H2,1-2H3. The monoisotopic (exact) mass is 262 g/mol. The van der Waals surface area contributed by atoms with Gasteiger partial charge < -0.3 is 0 Å². The number of hydrogen-bond donors (Lipinski definition) is 2. The number of hydrogen-bond acceptors (Lipinski definition) is 3. The molecule has 2 aromatic rings. The Kier molecular flexibility index (Phi) is 4.29. The summed E-state index contributed by atoms with van der Waals surface area (Å²) in [5.74, 6) is 5.28. The van der Waals surface area contributed by atoms with E-state index in [2.05, 4.69) is 24.4 Å². The van der Waals surface area contributed by atoms with Gasteiger partial charge in [0.25, 0.3) is 0 Å². The zero-order valence-corrected chi connectivity index (χ0v) is 11.2. The quantitative estimate of drug-likeness (QED) is 0.642. The zero-order chi connectivity index (χ0) is 13.8. The van der Waals surface area contributed by atoms with Crippen LogP contribution in [0.5, 0.6) is 0 Å². The van der Waals surface area contributed by atoms with Gasteiger partial charge in [-0.3, -0.25) is 16.0 Å². The smallest absolute Gasteiger partial charge is 0.128 e. The Bertz CT molecular complexity index is 536. The predicted octanol–water partition coefficient (Wildman–Crippen LogP) is 2.35. The second-order valence-electron chi connectivity index (χ2n) is 4.83. The molecule has 0 spiro atoms. The van der Waals surface area contributed by atoms with Gasteiger partial charge in [0.15, 0.2) is 0 Å². The first-order valence-electron chi connectivity index (χ1n) is 6.36. The van der Waals surface area contributed by atoms with E-state index in [0.717, 1.165) is 5.69 Å². The van der Waals surface area contributed by atoms with Crippen molar-refractivity contribution in [2.75, 3.05) is 0 Å². The van der Waals surface area contributed by atoms with Gasteiger partial charge in [0.2, 0.25) is 0 Å². The van der Waals surface area contributed by atoms with Crippen LogP contribution < -0.4 is 11.3 Å². The van der Waals surface area contributed by atoms with Gasteiger partial charge in [-0.05, 0) is 26.0 Å². The first-order chi connectivity index (χ1) is 9.11. The number of nitrogens with one attached hydrogen (secondary N) is 1. The number of nitrogens with zero attached hydrogens (tertiary/aromatic N) is 2. The highest BCUT2D eigenvalue weighted by atomic mass is 19.1. The van der Waals surface area contributed by atoms with Crippen LogP contribution in [0.25, 0.3) is 0 Å². The van der Waals surface area contributed by atoms with Gasteiger partial charge >= 0.3 is 0 Å². The molecule has 0 fully saturated rings. The maximum atomic E-state index is 13.7. The van der Waals surface area contributed by atoms with Crippen molar-refractivity contribution >= 4 is 0 Å². The fraction of sp³-hybridized carbons (Fsp3) is 0.357. The average molecular weight is 262 g/mol. The van der Waals surface area contributed by atoms with Crippen LogP contribution >= 0.6 is 0 Å². The summed E-state index contributed by atoms with van der Waals surface area (Å²) in [7, 11) is 0. The van der Waals surface area contributed by atoms with Crippen LogP contribution in [-0.4, -0.2) is 9.78 Å². The Labute approximate surface area is 112 Å². The van der Waals surface area contributed by atoms with Crippen LogP contribution in [0.15, 0.2) is 36.5 Å². The van der Waals surface area contributed by atoms with E-state index in [1.165, 1.54) is 6.07 Å². The summed E-state index contributed by atoms with van der Waals surface area (Å²) in [4.78, 5) is 0. The van der Waals surface area contributed by atoms with Gasteiger partial charge in [0.1, 0.15) is 5.82 Å². The molecule has 1 aromatic carbocycles. The van der Waals surface area contributed by atoms with Crippen molar-refractivity contribution in [2.24, 2.45) is 5.84 Å². The summed E-state index contributed by atoms with van der Waals surface area (Å²) < 4.78 is 15.6. The van der Waals surface area contributed by atoms with Crippen molar-refractivity contribution < 1.29 is 4.39 Å². The second-order valence-corrected chi connectivity index (χ2v) is 4.83. The van der Waals surface area contributed by atoms with Crippen molar-refractivity contribution in [2.45, 2.75) is 32.4 Å². The lowest BCUT2D eigenvalue weighted by Gasteiger charge is -2.15. The summed E-state index contributed by atoms with van der Waals surface area (Å²) in [6.45, 7) is 4.12. The third-order valence-corrected chi connectivity index (χ3v) is 3.09. The Hall–Kier alpha value is -1.72. The Morgan fingerprint density at radius 1 is 1.32 bits per heavy atom. The molecule has 5 heteroatoms. The largest absolute Gasteiger partial charge is 0.271 e. The predicted molar refractivity (Wildman–Crippen MR) is 72.8 cm³/mol. The highest BCUT2D eigenvalue weighted by molar-refractivity contribution is 5.22. The molecule has 1 heterocycles. The topological polar surface area (TPSA) is 55.9 Å². The van der Waals surface area contributed by atoms with Gasteiger partial charge in [0.05, 0.1) is 11.7 Å². The molecule has 2 rings (SSSR count). The van der Waals surface area contributed by atoms with Crippen molar-refractivity contribution in [1.29, 1.82) is 0 Å². The Morgan fingerprint density at radius 2 is 2.05 bits per heavy atom. The van der Waals surface area contributed by atoms with E-state index in [1.807, 2.05) is 16.9 Å². The number of halogens is 1. The summed E-state index contributed by atoms with van der Waals surface area (Å²) >= 11 is 0. The van der Waals surface area contributed by atoms with Crippen LogP contribution in [0.4, 0.5) is 4.39 Å². The number of hydrazine groups is 1. The molecule has 0 amide bonds. The molecule has 0 radical (unpaired) electrons. The number of nitrogens with two attached hydrogens (primary N) is 1. The van der Waals surface area contributed by atoms with Gasteiger partial charge in [-0.2, -0.15) is 5.10 Å². The van der Waals surface area contributed by atoms with Gasteiger partial charge in [-0.15, -0.1) is 0 Å². The lowest BCUT2D eigenvalue weighted by atomic mass is 10.0. The molecule has 102 valence electrons. The minimum absolute atomic E-state index is 0.256. The summed E-state index contributed by atoms with van der Waals surface area (Å²) in [6.07, 6.45) is 2.48. The Morgan fingerprint density at radius 3 is 2.63 bits per heavy atom. The van der Waals surface area contributed by atoms with Gasteiger partial charge in [-0.25, -0.2) is 4.39 Å². The zero-order valence-electron chi connectivity index (χ0n) is 11.2. The van der Waals surface area contributed by atoms with Crippen LogP contribution in [0, 0.1) is 5.82 Å². The van der Waals surface area contributed by atoms with Crippen LogP contribution in [0.1, 0.15) is 37.2 Å². The molecule has 0 aliphatic rings. The number of rotatable bonds is 5. The van der Waals surface area contributed by atoms with Gasteiger partial charge in [0, 0.05) is 24.2 Å². The van der Waals surface area contributed by atoms with Crippen LogP contribution in [0.3, 0.4) is 0 Å². The van der Waals surface area contributed by atoms with Crippen molar-refractivity contribution in [3.05, 3.63) is 53.6 Å². The summed E-state index contributed by atoms with van der Waals surface area (Å²) in [5, 5.41) is 4.45. The van der Waals surface area contributed by atoms with E-state index in [9.17, 15) is 4.39 Å². The molecule has 0 aliphatic heterocycles. The summed E-state index contributed by atoms with van der Waals surface area (Å²) in [6, 6.07) is 8.61. The van der Waals surface area contributed by atoms with E-state index in [-0.39, 0.29) is 11.9 Å². The second kappa shape index (κ2) is 5.95. The molecule has 0 saturated heterocycles. The van der Waals surface area contributed by atoms with E-state index in [0.29, 0.717) is 18.0 Å². The minimum Gasteiger partial charge on any atom is -0.271 e. The SMILES string of the molecule is CC(C)n1ccc(CC(NN)c2ccccc2F)n1. The molecular formula is C14H19FN4. The van der Waals surface area contributed by atoms with Crippen LogP contribution in [0.2, 0.25) is 0 Å². The highest BCUT2D eigenvalue weighted by Gasteiger charge is 2.16. The van der Waals surface area contributed by atoms with E-state index < -0.39 is 0 Å². The first-order valence-corrected chi connectivity index (χ1v) is 6.36. The van der Waals surface area contributed by atoms with Gasteiger partial charge in [-0.1, -0.05) is 18.2 Å². The van der Waals surface area contributed by atoms with Crippen molar-refractivity contribution in [3.63, 3.8) is 0 Å². The molecule has 3 N–H and O–H groups in total. The normalized spacial score (nSPS) is 12.9. The van der Waals surface area contributed by atoms with Crippen molar-refractivity contribution in [3.8, 4) is 0 Å². The lowest BCUT2D eigenvalue weighted by molar-refractivity contribution is 0.490. The highest BCUT2D eigenvalue weighted by Crippen LogP contribution is 2.20. The molecule has 19 heavy (non-hydrogen) atoms. The van der Waals surface area contributed by atoms with E-state index in [4.69, 9.17) is 5.84 Å². The average Bonchev–Trinajstić information content (AvgIpc) is 2.86. The third-order valence-electron chi connectivity index (χ3n) is 3.09. The lowest BCUT2D eigenvalue weighted by Crippen LogP contribution is -2.30. The number of benzene rings is 1.